The van der Waals surface area contributed by atoms with Crippen molar-refractivity contribution >= 4 is 39.9 Å². The number of nitrogens with two attached hydrogens (primary N) is 1. The van der Waals surface area contributed by atoms with Crippen molar-refractivity contribution in [3.63, 3.8) is 0 Å². The van der Waals surface area contributed by atoms with E-state index in [1.807, 2.05) is 19.1 Å². The van der Waals surface area contributed by atoms with Crippen molar-refractivity contribution in [2.24, 2.45) is 5.73 Å². The number of aromatic nitrogens is 2. The fraction of sp³-hybridized carbons (Fsp3) is 0.318. The van der Waals surface area contributed by atoms with E-state index in [1.165, 1.54) is 12.4 Å². The summed E-state index contributed by atoms with van der Waals surface area (Å²) >= 11 is 5.90. The fourth-order valence-corrected chi connectivity index (χ4v) is 4.06. The van der Waals surface area contributed by atoms with Gasteiger partial charge in [0.25, 0.3) is 0 Å². The van der Waals surface area contributed by atoms with Gasteiger partial charge in [-0.15, -0.1) is 0 Å². The van der Waals surface area contributed by atoms with E-state index in [9.17, 15) is 9.18 Å². The molecule has 4 rings (SSSR count). The number of carbonyl (C=O) groups is 1. The van der Waals surface area contributed by atoms with Crippen molar-refractivity contribution in [3.8, 4) is 5.75 Å². The lowest BCUT2D eigenvalue weighted by Gasteiger charge is -2.42. The van der Waals surface area contributed by atoms with E-state index in [1.54, 1.807) is 19.2 Å². The average Bonchev–Trinajstić information content (AvgIpc) is 2.73. The molecule has 1 saturated heterocycles. The molecule has 1 aromatic heterocycles. The third-order valence-electron chi connectivity index (χ3n) is 5.62. The molecule has 0 radical (unpaired) electrons. The molecule has 1 unspecified atom stereocenters. The van der Waals surface area contributed by atoms with Crippen molar-refractivity contribution in [2.45, 2.75) is 24.9 Å². The lowest BCUT2D eigenvalue weighted by molar-refractivity contribution is -0.126. The molecule has 5 N–H and O–H groups in total. The monoisotopic (exact) mass is 458 g/mol. The smallest absolute Gasteiger partial charge is 0.240 e. The minimum atomic E-state index is -0.747. The quantitative estimate of drug-likeness (QED) is 0.410. The molecule has 1 fully saturated rings. The summed E-state index contributed by atoms with van der Waals surface area (Å²) in [4.78, 5) is 20.5. The Balaban J connectivity index is 1.66. The number of ether oxygens (including phenoxy) is 1. The number of fused-ring (bicyclic) bond motifs is 1. The number of nitrogens with one attached hydrogen (secondary N) is 3. The molecular weight excluding hydrogens is 435 g/mol. The highest BCUT2D eigenvalue weighted by molar-refractivity contribution is 6.31. The SMILES string of the molecule is COc1cc2ncnc(Nc3cccc(Cl)c3F)c2cc1CC(C)NC1(C(N)=O)CNC1. The zero-order chi connectivity index (χ0) is 22.9. The highest BCUT2D eigenvalue weighted by atomic mass is 35.5. The molecule has 2 aromatic carbocycles. The first-order chi connectivity index (χ1) is 15.3. The number of anilines is 2. The van der Waals surface area contributed by atoms with Gasteiger partial charge >= 0.3 is 0 Å². The second kappa shape index (κ2) is 8.85. The zero-order valence-electron chi connectivity index (χ0n) is 17.7. The normalized spacial score (nSPS) is 15.8. The molecule has 1 atom stereocenters. The van der Waals surface area contributed by atoms with Crippen LogP contribution in [0.4, 0.5) is 15.9 Å². The van der Waals surface area contributed by atoms with Gasteiger partial charge in [-0.2, -0.15) is 0 Å². The molecule has 1 aliphatic heterocycles. The van der Waals surface area contributed by atoms with Crippen molar-refractivity contribution in [1.82, 2.24) is 20.6 Å². The first kappa shape index (κ1) is 22.2. The van der Waals surface area contributed by atoms with E-state index in [2.05, 4.69) is 25.9 Å². The van der Waals surface area contributed by atoms with Crippen LogP contribution in [0.5, 0.6) is 5.75 Å². The van der Waals surface area contributed by atoms with Gasteiger partial charge in [-0.25, -0.2) is 14.4 Å². The van der Waals surface area contributed by atoms with Gasteiger partial charge in [-0.1, -0.05) is 17.7 Å². The molecule has 0 aliphatic carbocycles. The van der Waals surface area contributed by atoms with E-state index >= 15 is 0 Å². The van der Waals surface area contributed by atoms with Crippen LogP contribution in [0.15, 0.2) is 36.7 Å². The minimum Gasteiger partial charge on any atom is -0.496 e. The van der Waals surface area contributed by atoms with Crippen LogP contribution >= 0.6 is 11.6 Å². The zero-order valence-corrected chi connectivity index (χ0v) is 18.5. The number of benzene rings is 2. The minimum absolute atomic E-state index is 0.0180. The van der Waals surface area contributed by atoms with E-state index in [4.69, 9.17) is 22.1 Å². The summed E-state index contributed by atoms with van der Waals surface area (Å²) in [5.41, 5.74) is 6.58. The summed E-state index contributed by atoms with van der Waals surface area (Å²) in [6.45, 7) is 2.97. The van der Waals surface area contributed by atoms with Gasteiger partial charge in [-0.3, -0.25) is 10.1 Å². The summed E-state index contributed by atoms with van der Waals surface area (Å²) in [5.74, 6) is 0.164. The summed E-state index contributed by atoms with van der Waals surface area (Å²) < 4.78 is 20.0. The molecule has 1 aliphatic rings. The standard InChI is InChI=1S/C22H24ClFN6O2/c1-12(30-22(21(25)31)9-26-10-22)6-13-7-14-17(8-18(13)32-2)27-11-28-20(14)29-16-5-3-4-15(23)19(16)24/h3-5,7-8,11-12,26,30H,6,9-10H2,1-2H3,(H2,25,31)(H,27,28,29). The number of hydrogen-bond acceptors (Lipinski definition) is 7. The second-order valence-corrected chi connectivity index (χ2v) is 8.34. The van der Waals surface area contributed by atoms with Gasteiger partial charge in [0.1, 0.15) is 23.4 Å². The summed E-state index contributed by atoms with van der Waals surface area (Å²) in [7, 11) is 1.59. The van der Waals surface area contributed by atoms with Gasteiger partial charge in [0.05, 0.1) is 23.3 Å². The summed E-state index contributed by atoms with van der Waals surface area (Å²) in [6.07, 6.45) is 1.96. The van der Waals surface area contributed by atoms with Crippen LogP contribution in [0, 0.1) is 5.82 Å². The van der Waals surface area contributed by atoms with Crippen LogP contribution < -0.4 is 26.4 Å². The first-order valence-corrected chi connectivity index (χ1v) is 10.5. The predicted molar refractivity (Wildman–Crippen MR) is 122 cm³/mol. The Kier molecular flexibility index (Phi) is 6.14. The lowest BCUT2D eigenvalue weighted by atomic mass is 9.89. The predicted octanol–water partition coefficient (Wildman–Crippen LogP) is 2.52. The molecule has 0 spiro atoms. The number of rotatable bonds is 8. The van der Waals surface area contributed by atoms with Crippen LogP contribution in [0.25, 0.3) is 10.9 Å². The lowest BCUT2D eigenvalue weighted by Crippen LogP contribution is -2.75. The summed E-state index contributed by atoms with van der Waals surface area (Å²) in [5, 5.41) is 10.2. The van der Waals surface area contributed by atoms with Gasteiger partial charge in [-0.05, 0) is 37.1 Å². The van der Waals surface area contributed by atoms with Gasteiger partial charge in [0, 0.05) is 30.6 Å². The molecule has 8 nitrogen and oxygen atoms in total. The maximum absolute atomic E-state index is 14.4. The van der Waals surface area contributed by atoms with Gasteiger partial charge in [0.15, 0.2) is 5.82 Å². The molecule has 32 heavy (non-hydrogen) atoms. The van der Waals surface area contributed by atoms with Crippen LogP contribution in [-0.2, 0) is 11.2 Å². The maximum atomic E-state index is 14.4. The van der Waals surface area contributed by atoms with Crippen molar-refractivity contribution in [2.75, 3.05) is 25.5 Å². The molecular formula is C22H24ClFN6O2. The molecule has 2 heterocycles. The highest BCUT2D eigenvalue weighted by Gasteiger charge is 2.43. The topological polar surface area (TPSA) is 114 Å². The Morgan fingerprint density at radius 2 is 2.16 bits per heavy atom. The van der Waals surface area contributed by atoms with Crippen LogP contribution in [0.2, 0.25) is 5.02 Å². The van der Waals surface area contributed by atoms with E-state index < -0.39 is 11.4 Å². The molecule has 168 valence electrons. The molecule has 0 saturated carbocycles. The van der Waals surface area contributed by atoms with Crippen molar-refractivity contribution in [3.05, 3.63) is 53.1 Å². The van der Waals surface area contributed by atoms with Gasteiger partial charge in [0.2, 0.25) is 5.91 Å². The number of primary amides is 1. The number of carbonyl (C=O) groups excluding carboxylic acids is 1. The largest absolute Gasteiger partial charge is 0.496 e. The third kappa shape index (κ3) is 4.19. The summed E-state index contributed by atoms with van der Waals surface area (Å²) in [6, 6.07) is 8.38. The number of halogens is 2. The third-order valence-corrected chi connectivity index (χ3v) is 5.91. The molecule has 10 heteroatoms. The Morgan fingerprint density at radius 3 is 2.81 bits per heavy atom. The fourth-order valence-electron chi connectivity index (χ4n) is 3.88. The second-order valence-electron chi connectivity index (χ2n) is 7.93. The maximum Gasteiger partial charge on any atom is 0.240 e. The Labute approximate surface area is 189 Å². The average molecular weight is 459 g/mol. The van der Waals surface area contributed by atoms with E-state index in [-0.39, 0.29) is 22.7 Å². The van der Waals surface area contributed by atoms with Crippen LogP contribution in [0.1, 0.15) is 12.5 Å². The number of methoxy groups -OCH3 is 1. The number of nitrogens with zero attached hydrogens (tertiary/aromatic N) is 2. The molecule has 1 amide bonds. The number of amides is 1. The van der Waals surface area contributed by atoms with Crippen molar-refractivity contribution in [1.29, 1.82) is 0 Å². The molecule has 0 bridgehead atoms. The Morgan fingerprint density at radius 1 is 1.38 bits per heavy atom. The highest BCUT2D eigenvalue weighted by Crippen LogP contribution is 2.32. The van der Waals surface area contributed by atoms with Crippen molar-refractivity contribution < 1.29 is 13.9 Å². The van der Waals surface area contributed by atoms with E-state index in [0.29, 0.717) is 42.0 Å². The Bertz CT molecular complexity index is 1170. The van der Waals surface area contributed by atoms with Crippen LogP contribution in [-0.4, -0.2) is 47.7 Å². The number of hydrogen-bond donors (Lipinski definition) is 4. The van der Waals surface area contributed by atoms with Gasteiger partial charge < -0.3 is 21.1 Å². The molecule has 3 aromatic rings. The first-order valence-electron chi connectivity index (χ1n) is 10.1. The van der Waals surface area contributed by atoms with Crippen LogP contribution in [0.3, 0.4) is 0 Å². The van der Waals surface area contributed by atoms with E-state index in [0.717, 1.165) is 5.56 Å². The Hall–Kier alpha value is -3.01.